The van der Waals surface area contributed by atoms with Gasteiger partial charge in [-0.05, 0) is 0 Å². The van der Waals surface area contributed by atoms with E-state index in [1.54, 1.807) is 46.0 Å². The number of hydrogen-bond acceptors (Lipinski definition) is 1. The SMILES string of the molecule is IOI.[Mo]. The molecular weight excluding hydrogens is 366 g/mol. The second-order valence-corrected chi connectivity index (χ2v) is 2.62. The number of halogens is 2. The number of hydrogen-bond donors (Lipinski definition) is 0. The van der Waals surface area contributed by atoms with Crippen LogP contribution in [0.25, 0.3) is 0 Å². The van der Waals surface area contributed by atoms with Crippen LogP contribution in [0.3, 0.4) is 0 Å². The second kappa shape index (κ2) is 8.92. The van der Waals surface area contributed by atoms with Crippen LogP contribution < -0.4 is 0 Å². The molecule has 0 bridgehead atoms. The summed E-state index contributed by atoms with van der Waals surface area (Å²) < 4.78 is 4.19. The molecule has 0 radical (unpaired) electrons. The first-order valence-electron chi connectivity index (χ1n) is 0.309. The van der Waals surface area contributed by atoms with Gasteiger partial charge in [-0.1, -0.05) is 0 Å². The molecule has 0 heterocycles. The van der Waals surface area contributed by atoms with Crippen molar-refractivity contribution in [1.82, 2.24) is 0 Å². The molecular formula is I2MoO. The molecule has 0 fully saturated rings. The molecule has 0 aromatic heterocycles. The van der Waals surface area contributed by atoms with Gasteiger partial charge in [0.1, 0.15) is 46.0 Å². The molecule has 0 aromatic rings. The molecule has 0 atom stereocenters. The summed E-state index contributed by atoms with van der Waals surface area (Å²) in [6, 6.07) is 0. The summed E-state index contributed by atoms with van der Waals surface area (Å²) in [6.07, 6.45) is 0. The average molecular weight is 366 g/mol. The van der Waals surface area contributed by atoms with Crippen molar-refractivity contribution in [3.8, 4) is 0 Å². The average Bonchev–Trinajstić information content (AvgIpc) is 0.918. The first-order chi connectivity index (χ1) is 1.41. The molecule has 0 unspecified atom stereocenters. The van der Waals surface area contributed by atoms with Gasteiger partial charge in [0.2, 0.25) is 0 Å². The number of rotatable bonds is 0. The Balaban J connectivity index is 0. The third kappa shape index (κ3) is 8.93. The Morgan fingerprint density at radius 3 is 1.25 bits per heavy atom. The third-order valence-electron chi connectivity index (χ3n) is 0. The Morgan fingerprint density at radius 2 is 1.25 bits per heavy atom. The van der Waals surface area contributed by atoms with Gasteiger partial charge in [-0.25, -0.2) is 1.40 Å². The smallest absolute Gasteiger partial charge is 0.124 e. The topological polar surface area (TPSA) is 9.23 Å². The van der Waals surface area contributed by atoms with E-state index in [4.69, 9.17) is 0 Å². The molecule has 0 aliphatic heterocycles. The fourth-order valence-corrected chi connectivity index (χ4v) is 0. The first-order valence-corrected chi connectivity index (χ1v) is 2.07. The molecule has 0 aliphatic rings. The summed E-state index contributed by atoms with van der Waals surface area (Å²) in [6.45, 7) is 0. The predicted octanol–water partition coefficient (Wildman–Crippen LogP) is 1.70. The van der Waals surface area contributed by atoms with Gasteiger partial charge in [0.25, 0.3) is 0 Å². The Hall–Kier alpha value is 2.11. The quantitative estimate of drug-likeness (QED) is 0.469. The predicted molar refractivity (Wildman–Crippen MR) is 29.1 cm³/mol. The third-order valence-corrected chi connectivity index (χ3v) is 0. The zero-order valence-electron chi connectivity index (χ0n) is 1.57. The van der Waals surface area contributed by atoms with E-state index in [1.807, 2.05) is 0 Å². The van der Waals surface area contributed by atoms with Crippen molar-refractivity contribution in [3.63, 3.8) is 0 Å². The minimum absolute atomic E-state index is 0. The molecule has 1 nitrogen and oxygen atoms in total. The molecule has 0 amide bonds. The van der Waals surface area contributed by atoms with E-state index >= 15 is 0 Å². The normalized spacial score (nSPS) is 4.50. The summed E-state index contributed by atoms with van der Waals surface area (Å²) in [5.41, 5.74) is 0. The van der Waals surface area contributed by atoms with Gasteiger partial charge >= 0.3 is 0 Å². The minimum Gasteiger partial charge on any atom is -0.247 e. The Morgan fingerprint density at radius 1 is 1.25 bits per heavy atom. The Labute approximate surface area is 67.5 Å². The second-order valence-electron chi connectivity index (χ2n) is 0.0583. The van der Waals surface area contributed by atoms with Crippen molar-refractivity contribution in [2.24, 2.45) is 0 Å². The molecule has 0 saturated carbocycles. The molecule has 26 valence electrons. The van der Waals surface area contributed by atoms with Crippen LogP contribution >= 0.6 is 46.0 Å². The summed E-state index contributed by atoms with van der Waals surface area (Å²) in [4.78, 5) is 0. The largest absolute Gasteiger partial charge is 0.247 e. The van der Waals surface area contributed by atoms with Crippen molar-refractivity contribution < 1.29 is 22.5 Å². The van der Waals surface area contributed by atoms with Crippen LogP contribution in [0, 0.1) is 0 Å². The maximum atomic E-state index is 4.19. The molecule has 0 saturated heterocycles. The van der Waals surface area contributed by atoms with Gasteiger partial charge in [-0.3, -0.25) is 0 Å². The van der Waals surface area contributed by atoms with Crippen LogP contribution in [0.1, 0.15) is 0 Å². The van der Waals surface area contributed by atoms with Crippen LogP contribution in [0.4, 0.5) is 0 Å². The first kappa shape index (κ1) is 9.44. The minimum atomic E-state index is 0. The molecule has 0 aliphatic carbocycles. The van der Waals surface area contributed by atoms with E-state index in [0.29, 0.717) is 0 Å². The van der Waals surface area contributed by atoms with Gasteiger partial charge in [-0.2, -0.15) is 0 Å². The molecule has 0 aromatic carbocycles. The van der Waals surface area contributed by atoms with Crippen LogP contribution in [-0.4, -0.2) is 0 Å². The van der Waals surface area contributed by atoms with Crippen molar-refractivity contribution in [2.45, 2.75) is 0 Å². The van der Waals surface area contributed by atoms with Crippen molar-refractivity contribution in [3.05, 3.63) is 0 Å². The molecule has 0 spiro atoms. The van der Waals surface area contributed by atoms with E-state index in [-0.39, 0.29) is 21.1 Å². The van der Waals surface area contributed by atoms with Crippen LogP contribution in [0.15, 0.2) is 0 Å². The van der Waals surface area contributed by atoms with Gasteiger partial charge in [-0.15, -0.1) is 0 Å². The van der Waals surface area contributed by atoms with E-state index in [2.05, 4.69) is 1.40 Å². The van der Waals surface area contributed by atoms with E-state index in [9.17, 15) is 0 Å². The zero-order chi connectivity index (χ0) is 2.71. The summed E-state index contributed by atoms with van der Waals surface area (Å²) in [5, 5.41) is 0. The maximum absolute atomic E-state index is 4.19. The van der Waals surface area contributed by atoms with Crippen molar-refractivity contribution >= 4 is 46.0 Å². The van der Waals surface area contributed by atoms with Crippen LogP contribution in [0.5, 0.6) is 0 Å². The van der Waals surface area contributed by atoms with Gasteiger partial charge in [0.05, 0.1) is 0 Å². The fourth-order valence-electron chi connectivity index (χ4n) is 0. The Bertz CT molecular complexity index is 6.00. The van der Waals surface area contributed by atoms with Gasteiger partial charge < -0.3 is 0 Å². The van der Waals surface area contributed by atoms with Crippen LogP contribution in [0.2, 0.25) is 0 Å². The monoisotopic (exact) mass is 368 g/mol. The van der Waals surface area contributed by atoms with Crippen molar-refractivity contribution in [2.75, 3.05) is 0 Å². The zero-order valence-corrected chi connectivity index (χ0v) is 7.89. The summed E-state index contributed by atoms with van der Waals surface area (Å²) >= 11 is 3.55. The van der Waals surface area contributed by atoms with Crippen LogP contribution in [-0.2, 0) is 22.5 Å². The summed E-state index contributed by atoms with van der Waals surface area (Å²) in [7, 11) is 0. The molecule has 0 N–H and O–H groups in total. The fraction of sp³-hybridized carbons (Fsp3) is 0. The van der Waals surface area contributed by atoms with Gasteiger partial charge in [0.15, 0.2) is 0 Å². The van der Waals surface area contributed by atoms with E-state index < -0.39 is 0 Å². The van der Waals surface area contributed by atoms with Gasteiger partial charge in [0, 0.05) is 21.1 Å². The van der Waals surface area contributed by atoms with E-state index in [0.717, 1.165) is 0 Å². The molecule has 4 heavy (non-hydrogen) atoms. The Kier molecular flexibility index (Phi) is 21.1. The molecule has 0 rings (SSSR count). The standard InChI is InChI=1S/I2O.Mo/c1-3-2;. The van der Waals surface area contributed by atoms with E-state index in [1.165, 1.54) is 0 Å². The summed E-state index contributed by atoms with van der Waals surface area (Å²) in [5.74, 6) is 0. The van der Waals surface area contributed by atoms with Crippen molar-refractivity contribution in [1.29, 1.82) is 0 Å². The maximum Gasteiger partial charge on any atom is 0.124 e. The molecule has 4 heteroatoms.